The van der Waals surface area contributed by atoms with Crippen molar-refractivity contribution in [3.63, 3.8) is 0 Å². The van der Waals surface area contributed by atoms with Gasteiger partial charge in [0, 0.05) is 11.2 Å². The number of halogens is 1. The van der Waals surface area contributed by atoms with Crippen molar-refractivity contribution >= 4 is 38.6 Å². The minimum Gasteiger partial charge on any atom is -0.276 e. The minimum absolute atomic E-state index is 0.273. The Bertz CT molecular complexity index is 873. The maximum absolute atomic E-state index is 12.1. The molecule has 3 rings (SSSR count). The number of nitrogens with one attached hydrogen (secondary N) is 1. The predicted molar refractivity (Wildman–Crippen MR) is 87.9 cm³/mol. The van der Waals surface area contributed by atoms with Crippen LogP contribution in [-0.4, -0.2) is 18.2 Å². The number of thiophene rings is 1. The van der Waals surface area contributed by atoms with Gasteiger partial charge in [0.15, 0.2) is 0 Å². The van der Waals surface area contributed by atoms with Gasteiger partial charge < -0.3 is 0 Å². The summed E-state index contributed by atoms with van der Waals surface area (Å²) in [6.45, 7) is 0.515. The lowest BCUT2D eigenvalue weighted by Crippen LogP contribution is -2.10. The molecule has 3 aromatic rings. The van der Waals surface area contributed by atoms with Gasteiger partial charge in [-0.3, -0.25) is 9.40 Å². The lowest BCUT2D eigenvalue weighted by Gasteiger charge is -2.03. The molecule has 0 bridgehead atoms. The van der Waals surface area contributed by atoms with E-state index in [-0.39, 0.29) is 4.21 Å². The molecule has 0 atom stereocenters. The molecule has 2 heterocycles. The number of sulfonamides is 1. The van der Waals surface area contributed by atoms with Crippen LogP contribution in [-0.2, 0) is 16.6 Å². The van der Waals surface area contributed by atoms with Crippen LogP contribution in [0.15, 0.2) is 58.4 Å². The third-order valence-electron chi connectivity index (χ3n) is 2.88. The van der Waals surface area contributed by atoms with E-state index in [0.717, 1.165) is 5.56 Å². The van der Waals surface area contributed by atoms with Gasteiger partial charge >= 0.3 is 0 Å². The van der Waals surface area contributed by atoms with Crippen molar-refractivity contribution in [2.45, 2.75) is 10.8 Å². The third-order valence-corrected chi connectivity index (χ3v) is 5.89. The number of benzene rings is 1. The van der Waals surface area contributed by atoms with Gasteiger partial charge in [0.25, 0.3) is 10.0 Å². The van der Waals surface area contributed by atoms with E-state index in [1.165, 1.54) is 17.5 Å². The van der Waals surface area contributed by atoms with Gasteiger partial charge in [-0.2, -0.15) is 5.10 Å². The molecule has 0 aliphatic heterocycles. The van der Waals surface area contributed by atoms with Crippen LogP contribution in [0.1, 0.15) is 5.56 Å². The first kappa shape index (κ1) is 15.1. The van der Waals surface area contributed by atoms with Gasteiger partial charge in [-0.1, -0.05) is 29.8 Å². The maximum atomic E-state index is 12.1. The Hall–Kier alpha value is -1.83. The SMILES string of the molecule is O=S(=O)(Nc1cnn(Cc2cccc(Cl)c2)c1)c1cccs1. The van der Waals surface area contributed by atoms with Crippen LogP contribution in [0.3, 0.4) is 0 Å². The highest BCUT2D eigenvalue weighted by Crippen LogP contribution is 2.20. The maximum Gasteiger partial charge on any atom is 0.271 e. The highest BCUT2D eigenvalue weighted by Gasteiger charge is 2.15. The molecule has 22 heavy (non-hydrogen) atoms. The average Bonchev–Trinajstić information content (AvgIpc) is 3.10. The number of aromatic nitrogens is 2. The van der Waals surface area contributed by atoms with E-state index in [1.54, 1.807) is 34.5 Å². The number of rotatable bonds is 5. The largest absolute Gasteiger partial charge is 0.276 e. The Labute approximate surface area is 137 Å². The van der Waals surface area contributed by atoms with Crippen molar-refractivity contribution in [3.05, 3.63) is 64.8 Å². The van der Waals surface area contributed by atoms with Crippen LogP contribution in [0.5, 0.6) is 0 Å². The lowest BCUT2D eigenvalue weighted by atomic mass is 10.2. The smallest absolute Gasteiger partial charge is 0.271 e. The van der Waals surface area contributed by atoms with Crippen LogP contribution >= 0.6 is 22.9 Å². The summed E-state index contributed by atoms with van der Waals surface area (Å²) >= 11 is 7.11. The van der Waals surface area contributed by atoms with E-state index in [1.807, 2.05) is 18.2 Å². The molecule has 5 nitrogen and oxygen atoms in total. The molecule has 8 heteroatoms. The van der Waals surface area contributed by atoms with E-state index in [0.29, 0.717) is 17.3 Å². The molecule has 0 aliphatic rings. The molecule has 0 spiro atoms. The molecule has 0 fully saturated rings. The van der Waals surface area contributed by atoms with Gasteiger partial charge in [0.2, 0.25) is 0 Å². The first-order chi connectivity index (χ1) is 10.5. The zero-order valence-electron chi connectivity index (χ0n) is 11.3. The Balaban J connectivity index is 1.74. The fourth-order valence-electron chi connectivity index (χ4n) is 1.95. The number of hydrogen-bond donors (Lipinski definition) is 1. The standard InChI is InChI=1S/C14H12ClN3O2S2/c15-12-4-1-3-11(7-12)9-18-10-13(8-16-18)17-22(19,20)14-5-2-6-21-14/h1-8,10,17H,9H2. The van der Waals surface area contributed by atoms with Gasteiger partial charge in [-0.25, -0.2) is 8.42 Å². The van der Waals surface area contributed by atoms with Crippen molar-refractivity contribution in [1.82, 2.24) is 9.78 Å². The monoisotopic (exact) mass is 353 g/mol. The second-order valence-electron chi connectivity index (χ2n) is 4.59. The molecule has 0 aliphatic carbocycles. The van der Waals surface area contributed by atoms with Gasteiger partial charge in [0.05, 0.1) is 18.4 Å². The predicted octanol–water partition coefficient (Wildman–Crippen LogP) is 3.45. The van der Waals surface area contributed by atoms with Crippen molar-refractivity contribution < 1.29 is 8.42 Å². The quantitative estimate of drug-likeness (QED) is 0.764. The van der Waals surface area contributed by atoms with E-state index in [2.05, 4.69) is 9.82 Å². The summed E-state index contributed by atoms with van der Waals surface area (Å²) in [6.07, 6.45) is 3.13. The average molecular weight is 354 g/mol. The van der Waals surface area contributed by atoms with Crippen LogP contribution in [0.4, 0.5) is 5.69 Å². The summed E-state index contributed by atoms with van der Waals surface area (Å²) in [4.78, 5) is 0. The highest BCUT2D eigenvalue weighted by atomic mass is 35.5. The highest BCUT2D eigenvalue weighted by molar-refractivity contribution is 7.94. The summed E-state index contributed by atoms with van der Waals surface area (Å²) in [6, 6.07) is 10.7. The van der Waals surface area contributed by atoms with E-state index in [4.69, 9.17) is 11.6 Å². The summed E-state index contributed by atoms with van der Waals surface area (Å²) in [5.41, 5.74) is 1.42. The lowest BCUT2D eigenvalue weighted by molar-refractivity contribution is 0.603. The zero-order chi connectivity index (χ0) is 15.6. The number of anilines is 1. The van der Waals surface area contributed by atoms with Crippen LogP contribution < -0.4 is 4.72 Å². The molecular weight excluding hydrogens is 342 g/mol. The Kier molecular flexibility index (Phi) is 4.19. The van der Waals surface area contributed by atoms with Crippen molar-refractivity contribution in [1.29, 1.82) is 0 Å². The molecule has 114 valence electrons. The van der Waals surface area contributed by atoms with Crippen LogP contribution in [0.25, 0.3) is 0 Å². The minimum atomic E-state index is -3.54. The number of nitrogens with zero attached hydrogens (tertiary/aromatic N) is 2. The molecular formula is C14H12ClN3O2S2. The van der Waals surface area contributed by atoms with Crippen molar-refractivity contribution in [3.8, 4) is 0 Å². The second-order valence-corrected chi connectivity index (χ2v) is 7.89. The fourth-order valence-corrected chi connectivity index (χ4v) is 4.18. The molecule has 0 saturated carbocycles. The van der Waals surface area contributed by atoms with E-state index in [9.17, 15) is 8.42 Å². The summed E-state index contributed by atoms with van der Waals surface area (Å²) < 4.78 is 28.7. The molecule has 1 N–H and O–H groups in total. The first-order valence-electron chi connectivity index (χ1n) is 6.36. The van der Waals surface area contributed by atoms with Gasteiger partial charge in [-0.05, 0) is 29.1 Å². The molecule has 0 amide bonds. The summed E-state index contributed by atoms with van der Waals surface area (Å²) in [5, 5.41) is 6.53. The molecule has 1 aromatic carbocycles. The topological polar surface area (TPSA) is 64.0 Å². The Morgan fingerprint density at radius 3 is 2.86 bits per heavy atom. The van der Waals surface area contributed by atoms with Crippen molar-refractivity contribution in [2.75, 3.05) is 4.72 Å². The molecule has 0 radical (unpaired) electrons. The second kappa shape index (κ2) is 6.12. The normalized spacial score (nSPS) is 11.5. The first-order valence-corrected chi connectivity index (χ1v) is 9.10. The third kappa shape index (κ3) is 3.49. The van der Waals surface area contributed by atoms with Gasteiger partial charge in [0.1, 0.15) is 4.21 Å². The van der Waals surface area contributed by atoms with E-state index < -0.39 is 10.0 Å². The molecule has 2 aromatic heterocycles. The Morgan fingerprint density at radius 2 is 2.14 bits per heavy atom. The molecule has 0 saturated heterocycles. The van der Waals surface area contributed by atoms with Gasteiger partial charge in [-0.15, -0.1) is 11.3 Å². The van der Waals surface area contributed by atoms with Crippen molar-refractivity contribution in [2.24, 2.45) is 0 Å². The van der Waals surface area contributed by atoms with Crippen LogP contribution in [0.2, 0.25) is 5.02 Å². The number of hydrogen-bond acceptors (Lipinski definition) is 4. The molecule has 0 unspecified atom stereocenters. The zero-order valence-corrected chi connectivity index (χ0v) is 13.7. The van der Waals surface area contributed by atoms with E-state index >= 15 is 0 Å². The summed E-state index contributed by atoms with van der Waals surface area (Å²) in [5.74, 6) is 0. The van der Waals surface area contributed by atoms with Crippen LogP contribution in [0, 0.1) is 0 Å². The fraction of sp³-hybridized carbons (Fsp3) is 0.0714. The summed E-state index contributed by atoms with van der Waals surface area (Å²) in [7, 11) is -3.54. The Morgan fingerprint density at radius 1 is 1.27 bits per heavy atom.